The van der Waals surface area contributed by atoms with Crippen molar-refractivity contribution in [2.45, 2.75) is 44.2 Å². The molecule has 1 aromatic heterocycles. The first-order valence-electron chi connectivity index (χ1n) is 6.67. The predicted octanol–water partition coefficient (Wildman–Crippen LogP) is 1.94. The second kappa shape index (κ2) is 6.09. The molecule has 0 spiro atoms. The molecule has 2 rings (SSSR count). The van der Waals surface area contributed by atoms with Crippen molar-refractivity contribution in [1.82, 2.24) is 5.32 Å². The van der Waals surface area contributed by atoms with Crippen LogP contribution in [0.25, 0.3) is 0 Å². The summed E-state index contributed by atoms with van der Waals surface area (Å²) in [5.74, 6) is -0.507. The van der Waals surface area contributed by atoms with Gasteiger partial charge in [-0.2, -0.15) is 0 Å². The van der Waals surface area contributed by atoms with Crippen LogP contribution in [0.1, 0.15) is 48.4 Å². The number of rotatable bonds is 6. The summed E-state index contributed by atoms with van der Waals surface area (Å²) in [4.78, 5) is 23.1. The van der Waals surface area contributed by atoms with E-state index < -0.39 is 11.5 Å². The zero-order valence-corrected chi connectivity index (χ0v) is 11.5. The standard InChI is InChI=1S/C14H19NO5/c1-19-9-10-4-5-11(20-10)13(18)15-14(8-12(16)17)6-2-3-7-14/h4-5H,2-3,6-9H2,1H3,(H,15,18)(H,16,17). The second-order valence-electron chi connectivity index (χ2n) is 5.21. The number of hydrogen-bond donors (Lipinski definition) is 2. The normalized spacial score (nSPS) is 17.1. The number of carbonyl (C=O) groups is 2. The Kier molecular flexibility index (Phi) is 4.44. The summed E-state index contributed by atoms with van der Waals surface area (Å²) in [5.41, 5.74) is -0.642. The van der Waals surface area contributed by atoms with E-state index in [-0.39, 0.29) is 18.1 Å². The maximum atomic E-state index is 12.2. The summed E-state index contributed by atoms with van der Waals surface area (Å²) in [6.07, 6.45) is 3.19. The van der Waals surface area contributed by atoms with Crippen molar-refractivity contribution in [3.8, 4) is 0 Å². The highest BCUT2D eigenvalue weighted by Crippen LogP contribution is 2.33. The number of amides is 1. The smallest absolute Gasteiger partial charge is 0.305 e. The molecule has 0 aromatic carbocycles. The Morgan fingerprint density at radius 3 is 2.70 bits per heavy atom. The number of carboxylic acids is 1. The van der Waals surface area contributed by atoms with Gasteiger partial charge in [-0.25, -0.2) is 0 Å². The maximum Gasteiger partial charge on any atom is 0.305 e. The Labute approximate surface area is 117 Å². The van der Waals surface area contributed by atoms with E-state index in [2.05, 4.69) is 5.32 Å². The summed E-state index contributed by atoms with van der Waals surface area (Å²) >= 11 is 0. The SMILES string of the molecule is COCc1ccc(C(=O)NC2(CC(=O)O)CCCC2)o1. The van der Waals surface area contributed by atoms with E-state index in [9.17, 15) is 9.59 Å². The van der Waals surface area contributed by atoms with Crippen LogP contribution >= 0.6 is 0 Å². The number of hydrogen-bond acceptors (Lipinski definition) is 4. The second-order valence-corrected chi connectivity index (χ2v) is 5.21. The number of furan rings is 1. The van der Waals surface area contributed by atoms with E-state index in [1.807, 2.05) is 0 Å². The third-order valence-corrected chi connectivity index (χ3v) is 3.60. The molecule has 1 aliphatic rings. The Morgan fingerprint density at radius 2 is 2.10 bits per heavy atom. The predicted molar refractivity (Wildman–Crippen MR) is 70.3 cm³/mol. The van der Waals surface area contributed by atoms with Crippen LogP contribution in [0.5, 0.6) is 0 Å². The molecule has 20 heavy (non-hydrogen) atoms. The van der Waals surface area contributed by atoms with Crippen LogP contribution in [0.3, 0.4) is 0 Å². The Bertz CT molecular complexity index is 488. The van der Waals surface area contributed by atoms with E-state index in [0.29, 0.717) is 25.2 Å². The molecule has 6 nitrogen and oxygen atoms in total. The number of methoxy groups -OCH3 is 1. The molecule has 6 heteroatoms. The Hall–Kier alpha value is -1.82. The average molecular weight is 281 g/mol. The van der Waals surface area contributed by atoms with Gasteiger partial charge < -0.3 is 19.6 Å². The van der Waals surface area contributed by atoms with Crippen molar-refractivity contribution in [2.24, 2.45) is 0 Å². The molecule has 0 unspecified atom stereocenters. The summed E-state index contributed by atoms with van der Waals surface area (Å²) in [6, 6.07) is 3.25. The van der Waals surface area contributed by atoms with Gasteiger partial charge in [0.1, 0.15) is 12.4 Å². The fourth-order valence-corrected chi connectivity index (χ4v) is 2.71. The zero-order chi connectivity index (χ0) is 14.6. The number of nitrogens with one attached hydrogen (secondary N) is 1. The molecule has 1 aromatic rings. The topological polar surface area (TPSA) is 88.8 Å². The third kappa shape index (κ3) is 3.39. The third-order valence-electron chi connectivity index (χ3n) is 3.60. The highest BCUT2D eigenvalue weighted by Gasteiger charge is 2.38. The highest BCUT2D eigenvalue weighted by molar-refractivity contribution is 5.92. The van der Waals surface area contributed by atoms with Gasteiger partial charge in [-0.15, -0.1) is 0 Å². The molecule has 0 saturated heterocycles. The molecule has 2 N–H and O–H groups in total. The van der Waals surface area contributed by atoms with Crippen LogP contribution in [-0.2, 0) is 16.1 Å². The molecule has 1 aliphatic carbocycles. The maximum absolute atomic E-state index is 12.2. The van der Waals surface area contributed by atoms with Gasteiger partial charge in [-0.3, -0.25) is 9.59 Å². The molecule has 1 saturated carbocycles. The lowest BCUT2D eigenvalue weighted by Crippen LogP contribution is -2.47. The summed E-state index contributed by atoms with van der Waals surface area (Å²) in [5, 5.41) is 11.8. The van der Waals surface area contributed by atoms with Crippen molar-refractivity contribution in [1.29, 1.82) is 0 Å². The highest BCUT2D eigenvalue weighted by atomic mass is 16.5. The monoisotopic (exact) mass is 281 g/mol. The van der Waals surface area contributed by atoms with E-state index in [1.165, 1.54) is 0 Å². The van der Waals surface area contributed by atoms with Crippen molar-refractivity contribution < 1.29 is 23.8 Å². The molecular weight excluding hydrogens is 262 g/mol. The minimum atomic E-state index is -0.897. The zero-order valence-electron chi connectivity index (χ0n) is 11.5. The molecule has 1 fully saturated rings. The van der Waals surface area contributed by atoms with Crippen molar-refractivity contribution in [2.75, 3.05) is 7.11 Å². The van der Waals surface area contributed by atoms with Gasteiger partial charge in [0, 0.05) is 7.11 Å². The summed E-state index contributed by atoms with van der Waals surface area (Å²) in [6.45, 7) is 0.299. The first kappa shape index (κ1) is 14.6. The average Bonchev–Trinajstić information content (AvgIpc) is 2.98. The minimum absolute atomic E-state index is 0.0512. The fraction of sp³-hybridized carbons (Fsp3) is 0.571. The van der Waals surface area contributed by atoms with E-state index in [0.717, 1.165) is 12.8 Å². The molecule has 1 amide bonds. The molecule has 0 atom stereocenters. The molecule has 0 aliphatic heterocycles. The quantitative estimate of drug-likeness (QED) is 0.831. The Balaban J connectivity index is 2.05. The van der Waals surface area contributed by atoms with Crippen LogP contribution in [0.4, 0.5) is 0 Å². The lowest BCUT2D eigenvalue weighted by atomic mass is 9.93. The number of carboxylic acid groups (broad SMARTS) is 1. The molecule has 110 valence electrons. The molecule has 1 heterocycles. The fourth-order valence-electron chi connectivity index (χ4n) is 2.71. The van der Waals surface area contributed by atoms with Crippen LogP contribution in [0.15, 0.2) is 16.5 Å². The Morgan fingerprint density at radius 1 is 1.40 bits per heavy atom. The van der Waals surface area contributed by atoms with Gasteiger partial charge >= 0.3 is 5.97 Å². The largest absolute Gasteiger partial charge is 0.481 e. The van der Waals surface area contributed by atoms with E-state index in [1.54, 1.807) is 19.2 Å². The van der Waals surface area contributed by atoms with Crippen molar-refractivity contribution in [3.05, 3.63) is 23.7 Å². The number of ether oxygens (including phenoxy) is 1. The number of aliphatic carboxylic acids is 1. The van der Waals surface area contributed by atoms with Gasteiger partial charge in [0.15, 0.2) is 5.76 Å². The van der Waals surface area contributed by atoms with Crippen molar-refractivity contribution in [3.63, 3.8) is 0 Å². The minimum Gasteiger partial charge on any atom is -0.481 e. The van der Waals surface area contributed by atoms with E-state index in [4.69, 9.17) is 14.3 Å². The van der Waals surface area contributed by atoms with Gasteiger partial charge in [-0.1, -0.05) is 12.8 Å². The lowest BCUT2D eigenvalue weighted by Gasteiger charge is -2.28. The van der Waals surface area contributed by atoms with Crippen molar-refractivity contribution >= 4 is 11.9 Å². The van der Waals surface area contributed by atoms with Gasteiger partial charge in [0.2, 0.25) is 0 Å². The number of carbonyl (C=O) groups excluding carboxylic acids is 1. The molecular formula is C14H19NO5. The molecule has 0 radical (unpaired) electrons. The van der Waals surface area contributed by atoms with Crippen LogP contribution < -0.4 is 5.32 Å². The van der Waals surface area contributed by atoms with Crippen LogP contribution in [0.2, 0.25) is 0 Å². The van der Waals surface area contributed by atoms with Crippen LogP contribution in [-0.4, -0.2) is 29.6 Å². The first-order chi connectivity index (χ1) is 9.54. The van der Waals surface area contributed by atoms with Gasteiger partial charge in [0.25, 0.3) is 5.91 Å². The first-order valence-corrected chi connectivity index (χ1v) is 6.67. The summed E-state index contributed by atoms with van der Waals surface area (Å²) in [7, 11) is 1.54. The van der Waals surface area contributed by atoms with Gasteiger partial charge in [-0.05, 0) is 25.0 Å². The van der Waals surface area contributed by atoms with Gasteiger partial charge in [0.05, 0.1) is 12.0 Å². The lowest BCUT2D eigenvalue weighted by molar-refractivity contribution is -0.138. The molecule has 0 bridgehead atoms. The van der Waals surface area contributed by atoms with Crippen LogP contribution in [0, 0.1) is 0 Å². The van der Waals surface area contributed by atoms with E-state index >= 15 is 0 Å². The summed E-state index contributed by atoms with van der Waals surface area (Å²) < 4.78 is 10.3.